The normalized spacial score (nSPS) is 13.2. The van der Waals surface area contributed by atoms with E-state index >= 15 is 0 Å². The van der Waals surface area contributed by atoms with Crippen LogP contribution < -0.4 is 9.62 Å². The third-order valence-corrected chi connectivity index (χ3v) is 6.39. The number of halogens is 1. The van der Waals surface area contributed by atoms with Crippen LogP contribution in [0.15, 0.2) is 71.9 Å². The van der Waals surface area contributed by atoms with Gasteiger partial charge in [-0.25, -0.2) is 8.42 Å². The predicted octanol–water partition coefficient (Wildman–Crippen LogP) is 3.74. The quantitative estimate of drug-likeness (QED) is 0.706. The van der Waals surface area contributed by atoms with Gasteiger partial charge in [-0.2, -0.15) is 0 Å². The van der Waals surface area contributed by atoms with Gasteiger partial charge in [-0.1, -0.05) is 29.8 Å². The summed E-state index contributed by atoms with van der Waals surface area (Å²) in [6.07, 6.45) is 3.83. The Kier molecular flexibility index (Phi) is 4.78. The number of carbonyl (C=O) groups excluding carboxylic acids is 1. The van der Waals surface area contributed by atoms with Gasteiger partial charge >= 0.3 is 0 Å². The van der Waals surface area contributed by atoms with Gasteiger partial charge in [0.05, 0.1) is 16.3 Å². The lowest BCUT2D eigenvalue weighted by Gasteiger charge is -2.18. The number of nitrogens with zero attached hydrogens (tertiary/aromatic N) is 2. The third kappa shape index (κ3) is 3.46. The molecule has 1 aliphatic rings. The Morgan fingerprint density at radius 1 is 1.11 bits per heavy atom. The number of carbonyl (C=O) groups is 1. The zero-order chi connectivity index (χ0) is 19.7. The van der Waals surface area contributed by atoms with Crippen LogP contribution in [-0.2, 0) is 16.4 Å². The molecule has 1 aromatic heterocycles. The maximum atomic E-state index is 12.8. The first-order valence-electron chi connectivity index (χ1n) is 8.58. The van der Waals surface area contributed by atoms with Crippen LogP contribution in [0.3, 0.4) is 0 Å². The zero-order valence-corrected chi connectivity index (χ0v) is 16.2. The second kappa shape index (κ2) is 7.26. The zero-order valence-electron chi connectivity index (χ0n) is 14.7. The van der Waals surface area contributed by atoms with Crippen LogP contribution in [0.1, 0.15) is 15.9 Å². The Labute approximate surface area is 167 Å². The highest BCUT2D eigenvalue weighted by Crippen LogP contribution is 2.33. The molecule has 2 heterocycles. The van der Waals surface area contributed by atoms with Crippen molar-refractivity contribution in [1.29, 1.82) is 0 Å². The molecule has 0 radical (unpaired) electrons. The number of hydrogen-bond acceptors (Lipinski definition) is 4. The van der Waals surface area contributed by atoms with Gasteiger partial charge < -0.3 is 4.90 Å². The molecule has 0 bridgehead atoms. The minimum absolute atomic E-state index is 0.000424. The third-order valence-electron chi connectivity index (χ3n) is 4.51. The molecule has 2 aromatic carbocycles. The van der Waals surface area contributed by atoms with Gasteiger partial charge in [0.15, 0.2) is 0 Å². The standard InChI is InChI=1S/C20H16ClN3O3S/c21-17-5-1-2-6-19(17)28(26,27)23-16-8-7-14-9-11-24(18(14)12-16)20(25)15-4-3-10-22-13-15/h1-8,10,12-13,23H,9,11H2. The fourth-order valence-electron chi connectivity index (χ4n) is 3.17. The number of hydrogen-bond donors (Lipinski definition) is 1. The summed E-state index contributed by atoms with van der Waals surface area (Å²) >= 11 is 6.02. The van der Waals surface area contributed by atoms with E-state index < -0.39 is 10.0 Å². The van der Waals surface area contributed by atoms with E-state index in [4.69, 9.17) is 11.6 Å². The van der Waals surface area contributed by atoms with E-state index in [9.17, 15) is 13.2 Å². The average molecular weight is 414 g/mol. The molecule has 1 aliphatic heterocycles. The number of fused-ring (bicyclic) bond motifs is 1. The van der Waals surface area contributed by atoms with E-state index in [1.54, 1.807) is 47.5 Å². The van der Waals surface area contributed by atoms with Crippen LogP contribution in [0, 0.1) is 0 Å². The molecule has 28 heavy (non-hydrogen) atoms. The topological polar surface area (TPSA) is 79.4 Å². The van der Waals surface area contributed by atoms with Crippen LogP contribution in [0.5, 0.6) is 0 Å². The number of amides is 1. The second-order valence-electron chi connectivity index (χ2n) is 6.33. The molecule has 3 aromatic rings. The Hall–Kier alpha value is -2.90. The molecule has 1 amide bonds. The van der Waals surface area contributed by atoms with Crippen LogP contribution in [0.4, 0.5) is 11.4 Å². The van der Waals surface area contributed by atoms with E-state index in [1.165, 1.54) is 18.3 Å². The van der Waals surface area contributed by atoms with Crippen molar-refractivity contribution in [1.82, 2.24) is 4.98 Å². The first-order chi connectivity index (χ1) is 13.5. The number of sulfonamides is 1. The molecule has 0 unspecified atom stereocenters. The lowest BCUT2D eigenvalue weighted by atomic mass is 10.1. The summed E-state index contributed by atoms with van der Waals surface area (Å²) in [7, 11) is -3.85. The van der Waals surface area contributed by atoms with Crippen molar-refractivity contribution in [2.75, 3.05) is 16.2 Å². The molecule has 4 rings (SSSR count). The van der Waals surface area contributed by atoms with E-state index in [1.807, 2.05) is 6.07 Å². The summed E-state index contributed by atoms with van der Waals surface area (Å²) in [5.74, 6) is -0.169. The Bertz CT molecular complexity index is 1150. The summed E-state index contributed by atoms with van der Waals surface area (Å²) in [6.45, 7) is 0.532. The number of pyridine rings is 1. The number of rotatable bonds is 4. The molecule has 0 spiro atoms. The Balaban J connectivity index is 1.64. The molecule has 8 heteroatoms. The van der Waals surface area contributed by atoms with Gasteiger partial charge in [0.1, 0.15) is 4.90 Å². The molecular weight excluding hydrogens is 398 g/mol. The van der Waals surface area contributed by atoms with Gasteiger partial charge in [-0.3, -0.25) is 14.5 Å². The SMILES string of the molecule is O=C(c1cccnc1)N1CCc2ccc(NS(=O)(=O)c3ccccc3Cl)cc21. The van der Waals surface area contributed by atoms with Crippen LogP contribution >= 0.6 is 11.6 Å². The maximum Gasteiger partial charge on any atom is 0.263 e. The van der Waals surface area contributed by atoms with E-state index in [0.717, 1.165) is 5.56 Å². The van der Waals surface area contributed by atoms with Gasteiger partial charge in [0.25, 0.3) is 15.9 Å². The van der Waals surface area contributed by atoms with Crippen molar-refractivity contribution in [3.05, 3.63) is 83.1 Å². The van der Waals surface area contributed by atoms with Crippen molar-refractivity contribution in [3.8, 4) is 0 Å². The first kappa shape index (κ1) is 18.5. The summed E-state index contributed by atoms with van der Waals surface area (Å²) in [4.78, 5) is 18.4. The largest absolute Gasteiger partial charge is 0.308 e. The van der Waals surface area contributed by atoms with Crippen molar-refractivity contribution < 1.29 is 13.2 Å². The van der Waals surface area contributed by atoms with Gasteiger partial charge in [0.2, 0.25) is 0 Å². The lowest BCUT2D eigenvalue weighted by Crippen LogP contribution is -2.29. The van der Waals surface area contributed by atoms with E-state index in [-0.39, 0.29) is 15.8 Å². The number of aromatic nitrogens is 1. The number of anilines is 2. The highest BCUT2D eigenvalue weighted by atomic mass is 35.5. The highest BCUT2D eigenvalue weighted by molar-refractivity contribution is 7.92. The highest BCUT2D eigenvalue weighted by Gasteiger charge is 2.27. The van der Waals surface area contributed by atoms with E-state index in [2.05, 4.69) is 9.71 Å². The van der Waals surface area contributed by atoms with Crippen LogP contribution in [-0.4, -0.2) is 25.9 Å². The number of nitrogens with one attached hydrogen (secondary N) is 1. The minimum atomic E-state index is -3.85. The van der Waals surface area contributed by atoms with Crippen molar-refractivity contribution in [2.24, 2.45) is 0 Å². The summed E-state index contributed by atoms with van der Waals surface area (Å²) in [6, 6.07) is 14.8. The minimum Gasteiger partial charge on any atom is -0.308 e. The Morgan fingerprint density at radius 3 is 2.68 bits per heavy atom. The van der Waals surface area contributed by atoms with Gasteiger partial charge in [-0.15, -0.1) is 0 Å². The van der Waals surface area contributed by atoms with Gasteiger partial charge in [0, 0.05) is 24.6 Å². The molecule has 6 nitrogen and oxygen atoms in total. The first-order valence-corrected chi connectivity index (χ1v) is 10.4. The van der Waals surface area contributed by atoms with Crippen LogP contribution in [0.25, 0.3) is 0 Å². The maximum absolute atomic E-state index is 12.8. The summed E-state index contributed by atoms with van der Waals surface area (Å²) < 4.78 is 27.9. The molecular formula is C20H16ClN3O3S. The molecule has 0 saturated heterocycles. The molecule has 0 aliphatic carbocycles. The van der Waals surface area contributed by atoms with Crippen LogP contribution in [0.2, 0.25) is 5.02 Å². The molecule has 0 saturated carbocycles. The molecule has 1 N–H and O–H groups in total. The molecule has 142 valence electrons. The van der Waals surface area contributed by atoms with E-state index in [0.29, 0.717) is 29.9 Å². The Morgan fingerprint density at radius 2 is 1.93 bits per heavy atom. The van der Waals surface area contributed by atoms with Crippen molar-refractivity contribution in [2.45, 2.75) is 11.3 Å². The second-order valence-corrected chi connectivity index (χ2v) is 8.39. The average Bonchev–Trinajstić information content (AvgIpc) is 3.11. The van der Waals surface area contributed by atoms with Crippen molar-refractivity contribution in [3.63, 3.8) is 0 Å². The lowest BCUT2D eigenvalue weighted by molar-refractivity contribution is 0.0989. The fraction of sp³-hybridized carbons (Fsp3) is 0.100. The van der Waals surface area contributed by atoms with Crippen molar-refractivity contribution >= 4 is 38.9 Å². The number of benzene rings is 2. The summed E-state index contributed by atoms with van der Waals surface area (Å²) in [5.41, 5.74) is 2.52. The predicted molar refractivity (Wildman–Crippen MR) is 108 cm³/mol. The smallest absolute Gasteiger partial charge is 0.263 e. The van der Waals surface area contributed by atoms with Gasteiger partial charge in [-0.05, 0) is 48.4 Å². The molecule has 0 fully saturated rings. The molecule has 0 atom stereocenters. The monoisotopic (exact) mass is 413 g/mol. The summed E-state index contributed by atoms with van der Waals surface area (Å²) in [5, 5.41) is 0.143. The fourth-order valence-corrected chi connectivity index (χ4v) is 4.74.